The molecular weight excluding hydrogens is 578 g/mol. The lowest BCUT2D eigenvalue weighted by atomic mass is 10.2. The number of hydrogen-bond acceptors (Lipinski definition) is 14. The largest absolute Gasteiger partial charge is 0.497 e. The molecule has 234 valence electrons. The van der Waals surface area contributed by atoms with Crippen LogP contribution in [0.1, 0.15) is 36.9 Å². The van der Waals surface area contributed by atoms with E-state index in [1.807, 2.05) is 42.5 Å². The van der Waals surface area contributed by atoms with Gasteiger partial charge in [-0.05, 0) is 59.1 Å². The third-order valence-corrected chi connectivity index (χ3v) is 6.90. The molecule has 45 heavy (non-hydrogen) atoms. The summed E-state index contributed by atoms with van der Waals surface area (Å²) < 4.78 is 10.0. The fourth-order valence-corrected chi connectivity index (χ4v) is 4.60. The zero-order valence-corrected chi connectivity index (χ0v) is 24.9. The molecule has 0 aliphatic carbocycles. The van der Waals surface area contributed by atoms with Gasteiger partial charge < -0.3 is 26.0 Å². The minimum absolute atomic E-state index is 0.130. The number of methoxy groups -OCH3 is 1. The molecule has 3 heterocycles. The van der Waals surface area contributed by atoms with Crippen LogP contribution < -0.4 is 26.0 Å². The molecule has 2 aromatic carbocycles. The maximum atomic E-state index is 11.2. The highest BCUT2D eigenvalue weighted by atomic mass is 16.6. The van der Waals surface area contributed by atoms with Crippen molar-refractivity contribution < 1.29 is 14.3 Å². The van der Waals surface area contributed by atoms with E-state index in [0.717, 1.165) is 49.1 Å². The zero-order valence-electron chi connectivity index (χ0n) is 24.9. The number of nitrogens with zero attached hydrogens (tertiary/aromatic N) is 7. The Morgan fingerprint density at radius 2 is 1.53 bits per heavy atom. The quantitative estimate of drug-likeness (QED) is 0.0581. The van der Waals surface area contributed by atoms with Crippen LogP contribution in [-0.4, -0.2) is 61.9 Å². The van der Waals surface area contributed by atoms with E-state index < -0.39 is 4.92 Å². The topological polar surface area (TPSA) is 191 Å². The van der Waals surface area contributed by atoms with Crippen molar-refractivity contribution in [2.45, 2.75) is 38.6 Å². The Bertz CT molecular complexity index is 1680. The maximum Gasteiger partial charge on any atom is 0.300 e. The van der Waals surface area contributed by atoms with E-state index in [2.05, 4.69) is 51.5 Å². The van der Waals surface area contributed by atoms with Crippen LogP contribution in [0.15, 0.2) is 65.4 Å². The number of hydrogen-bond donors (Lipinski definition) is 4. The van der Waals surface area contributed by atoms with Crippen LogP contribution in [0.25, 0.3) is 11.0 Å². The van der Waals surface area contributed by atoms with Gasteiger partial charge in [0.05, 0.1) is 17.7 Å². The molecule has 0 bridgehead atoms. The molecule has 4 N–H and O–H groups in total. The van der Waals surface area contributed by atoms with Crippen molar-refractivity contribution in [3.05, 3.63) is 82.2 Å². The molecule has 0 fully saturated rings. The number of benzene rings is 2. The summed E-state index contributed by atoms with van der Waals surface area (Å²) in [7, 11) is 1.65. The van der Waals surface area contributed by atoms with Crippen LogP contribution in [-0.2, 0) is 13.0 Å². The molecule has 0 aliphatic rings. The first-order chi connectivity index (χ1) is 22.1. The van der Waals surface area contributed by atoms with E-state index in [9.17, 15) is 10.1 Å². The van der Waals surface area contributed by atoms with Crippen molar-refractivity contribution in [2.24, 2.45) is 0 Å². The van der Waals surface area contributed by atoms with E-state index in [1.54, 1.807) is 19.4 Å². The second-order valence-electron chi connectivity index (χ2n) is 10.1. The van der Waals surface area contributed by atoms with Gasteiger partial charge in [-0.3, -0.25) is 15.1 Å². The Hall–Kier alpha value is -5.60. The van der Waals surface area contributed by atoms with Crippen LogP contribution >= 0.6 is 0 Å². The number of pyridine rings is 1. The molecule has 0 unspecified atom stereocenters. The van der Waals surface area contributed by atoms with Crippen molar-refractivity contribution >= 4 is 40.3 Å². The number of non-ortho nitro benzene ring substituents is 1. The Balaban J connectivity index is 1.09. The number of anilines is 4. The lowest BCUT2D eigenvalue weighted by Gasteiger charge is -2.12. The Morgan fingerprint density at radius 1 is 0.800 bits per heavy atom. The van der Waals surface area contributed by atoms with E-state index in [1.165, 1.54) is 6.07 Å². The third kappa shape index (κ3) is 8.95. The number of aromatic nitrogens is 6. The molecule has 0 saturated carbocycles. The lowest BCUT2D eigenvalue weighted by molar-refractivity contribution is -0.383. The normalized spacial score (nSPS) is 10.9. The van der Waals surface area contributed by atoms with E-state index >= 15 is 0 Å². The summed E-state index contributed by atoms with van der Waals surface area (Å²) in [5.41, 5.74) is 3.05. The summed E-state index contributed by atoms with van der Waals surface area (Å²) in [6.07, 6.45) is 6.35. The number of rotatable bonds is 18. The molecule has 15 heteroatoms. The first kappa shape index (κ1) is 30.8. The predicted molar refractivity (Wildman–Crippen MR) is 170 cm³/mol. The van der Waals surface area contributed by atoms with Gasteiger partial charge in [-0.2, -0.15) is 15.0 Å². The number of nitrogens with one attached hydrogen (secondary N) is 4. The van der Waals surface area contributed by atoms with E-state index in [0.29, 0.717) is 55.2 Å². The van der Waals surface area contributed by atoms with Crippen molar-refractivity contribution in [1.82, 2.24) is 30.2 Å². The molecule has 0 spiro atoms. The van der Waals surface area contributed by atoms with Gasteiger partial charge >= 0.3 is 5.69 Å². The van der Waals surface area contributed by atoms with E-state index in [-0.39, 0.29) is 11.2 Å². The minimum atomic E-state index is -0.498. The van der Waals surface area contributed by atoms with Crippen LogP contribution in [0.5, 0.6) is 5.75 Å². The molecule has 0 radical (unpaired) electrons. The van der Waals surface area contributed by atoms with Gasteiger partial charge in [0.25, 0.3) is 0 Å². The van der Waals surface area contributed by atoms with Crippen molar-refractivity contribution in [3.8, 4) is 5.75 Å². The summed E-state index contributed by atoms with van der Waals surface area (Å²) in [6, 6.07) is 16.7. The Labute approximate surface area is 259 Å². The van der Waals surface area contributed by atoms with Crippen molar-refractivity contribution in [2.75, 3.05) is 48.0 Å². The zero-order chi connectivity index (χ0) is 31.3. The smallest absolute Gasteiger partial charge is 0.300 e. The molecule has 5 aromatic rings. The third-order valence-electron chi connectivity index (χ3n) is 6.90. The highest BCUT2D eigenvalue weighted by molar-refractivity contribution is 5.93. The highest BCUT2D eigenvalue weighted by Gasteiger charge is 2.19. The minimum Gasteiger partial charge on any atom is -0.497 e. The van der Waals surface area contributed by atoms with Gasteiger partial charge in [0.2, 0.25) is 23.4 Å². The summed E-state index contributed by atoms with van der Waals surface area (Å²) in [4.78, 5) is 28.8. The standard InChI is InChI=1S/C30H35N11O4/c1-44-23-11-8-9-21(19-23)20-35-30-37-28(36-29(38-30)34-18-14-22-10-4-7-15-31-22)33-17-6-3-2-5-16-32-24-12-13-25(41(42)43)27-26(24)39-45-40-27/h4,7-13,15,19,32H,2-3,5-6,14,16-18,20H2,1H3,(H3,33,34,35,36,37,38). The molecule has 15 nitrogen and oxygen atoms in total. The summed E-state index contributed by atoms with van der Waals surface area (Å²) in [6.45, 7) is 2.55. The molecular formula is C30H35N11O4. The Morgan fingerprint density at radius 3 is 2.27 bits per heavy atom. The molecule has 0 aliphatic heterocycles. The van der Waals surface area contributed by atoms with Gasteiger partial charge in [-0.15, -0.1) is 0 Å². The highest BCUT2D eigenvalue weighted by Crippen LogP contribution is 2.28. The molecule has 0 amide bonds. The lowest BCUT2D eigenvalue weighted by Crippen LogP contribution is -2.14. The predicted octanol–water partition coefficient (Wildman–Crippen LogP) is 5.07. The maximum absolute atomic E-state index is 11.2. The first-order valence-electron chi connectivity index (χ1n) is 14.7. The van der Waals surface area contributed by atoms with Crippen LogP contribution in [0.4, 0.5) is 29.2 Å². The number of unbranched alkanes of at least 4 members (excludes halogenated alkanes) is 3. The molecule has 0 saturated heterocycles. The molecule has 5 rings (SSSR count). The number of nitro groups is 1. The number of ether oxygens (including phenoxy) is 1. The second kappa shape index (κ2) is 15.7. The second-order valence-corrected chi connectivity index (χ2v) is 10.1. The fourth-order valence-electron chi connectivity index (χ4n) is 4.60. The summed E-state index contributed by atoms with van der Waals surface area (Å²) >= 11 is 0. The van der Waals surface area contributed by atoms with Crippen LogP contribution in [0.3, 0.4) is 0 Å². The van der Waals surface area contributed by atoms with Crippen LogP contribution in [0.2, 0.25) is 0 Å². The molecule has 3 aromatic heterocycles. The number of fused-ring (bicyclic) bond motifs is 1. The average molecular weight is 614 g/mol. The van der Waals surface area contributed by atoms with Gasteiger partial charge in [0.1, 0.15) is 5.75 Å². The Kier molecular flexibility index (Phi) is 10.8. The van der Waals surface area contributed by atoms with Gasteiger partial charge in [0.15, 0.2) is 5.52 Å². The fraction of sp³-hybridized carbons (Fsp3) is 0.333. The number of nitro benzene ring substituents is 1. The first-order valence-corrected chi connectivity index (χ1v) is 14.7. The van der Waals surface area contributed by atoms with Gasteiger partial charge in [-0.25, -0.2) is 4.63 Å². The van der Waals surface area contributed by atoms with Gasteiger partial charge in [0, 0.05) is 50.6 Å². The monoisotopic (exact) mass is 613 g/mol. The molecule has 0 atom stereocenters. The summed E-state index contributed by atoms with van der Waals surface area (Å²) in [5.74, 6) is 2.22. The van der Waals surface area contributed by atoms with E-state index in [4.69, 9.17) is 9.37 Å². The van der Waals surface area contributed by atoms with Crippen LogP contribution in [0, 0.1) is 10.1 Å². The van der Waals surface area contributed by atoms with Crippen molar-refractivity contribution in [3.63, 3.8) is 0 Å². The summed E-state index contributed by atoms with van der Waals surface area (Å²) in [5, 5.41) is 31.8. The van der Waals surface area contributed by atoms with Crippen molar-refractivity contribution in [1.29, 1.82) is 0 Å². The van der Waals surface area contributed by atoms with Gasteiger partial charge in [-0.1, -0.05) is 31.0 Å². The SMILES string of the molecule is COc1cccc(CNc2nc(NCCCCCCNc3ccc([N+](=O)[O-])c4nonc34)nc(NCCc3ccccn3)n2)c1. The average Bonchev–Trinajstić information content (AvgIpc) is 3.56.